The molecule has 0 amide bonds. The quantitative estimate of drug-likeness (QED) is 0.523. The number of methoxy groups -OCH3 is 1. The molecule has 0 saturated heterocycles. The molecule has 0 fully saturated rings. The van der Waals surface area contributed by atoms with Crippen molar-refractivity contribution < 1.29 is 9.53 Å². The summed E-state index contributed by atoms with van der Waals surface area (Å²) in [5.74, 6) is 1.08. The maximum atomic E-state index is 13.7. The number of hydrogen-bond donors (Lipinski definition) is 2. The number of benzene rings is 2. The Morgan fingerprint density at radius 1 is 1.14 bits per heavy atom. The first-order valence-electron chi connectivity index (χ1n) is 12.0. The standard InChI is InChI=1S/C29H29N5O2/c1-17-24(18-8-6-5-7-9-18)28(33-32-17)34-22-14-29(2,3)15-23(35)26(22)25(21(16-30)27(34)31)19-10-12-20(36-4)13-11-19/h5-13,25H,14-15,31H2,1-4H3,(H,32,33). The van der Waals surface area contributed by atoms with E-state index in [0.717, 1.165) is 28.1 Å². The number of ether oxygens (including phenoxy) is 1. The summed E-state index contributed by atoms with van der Waals surface area (Å²) in [7, 11) is 1.61. The maximum Gasteiger partial charge on any atom is 0.168 e. The van der Waals surface area contributed by atoms with Gasteiger partial charge in [-0.3, -0.25) is 14.8 Å². The van der Waals surface area contributed by atoms with Crippen molar-refractivity contribution in [1.82, 2.24) is 10.2 Å². The van der Waals surface area contributed by atoms with Crippen molar-refractivity contribution in [1.29, 1.82) is 5.26 Å². The fourth-order valence-electron chi connectivity index (χ4n) is 5.41. The molecule has 182 valence electrons. The van der Waals surface area contributed by atoms with Crippen LogP contribution in [0.3, 0.4) is 0 Å². The molecule has 0 radical (unpaired) electrons. The molecule has 36 heavy (non-hydrogen) atoms. The number of carbonyl (C=O) groups excluding carboxylic acids is 1. The molecule has 7 heteroatoms. The Morgan fingerprint density at radius 2 is 1.83 bits per heavy atom. The van der Waals surface area contributed by atoms with Crippen LogP contribution >= 0.6 is 0 Å². The number of aromatic amines is 1. The molecule has 2 aliphatic rings. The number of carbonyl (C=O) groups is 1. The second-order valence-electron chi connectivity index (χ2n) is 10.2. The van der Waals surface area contributed by atoms with Crippen molar-refractivity contribution in [3.05, 3.63) is 88.5 Å². The minimum atomic E-state index is -0.545. The van der Waals surface area contributed by atoms with E-state index in [1.165, 1.54) is 0 Å². The lowest BCUT2D eigenvalue weighted by atomic mass is 9.68. The van der Waals surface area contributed by atoms with Crippen LogP contribution in [-0.4, -0.2) is 23.1 Å². The average Bonchev–Trinajstić information content (AvgIpc) is 3.24. The molecule has 1 atom stereocenters. The molecule has 2 aromatic carbocycles. The minimum absolute atomic E-state index is 0.0286. The minimum Gasteiger partial charge on any atom is -0.497 e. The summed E-state index contributed by atoms with van der Waals surface area (Å²) in [6.07, 6.45) is 1.02. The van der Waals surface area contributed by atoms with Crippen LogP contribution in [0, 0.1) is 23.7 Å². The molecule has 5 rings (SSSR count). The van der Waals surface area contributed by atoms with Gasteiger partial charge in [0, 0.05) is 28.9 Å². The summed E-state index contributed by atoms with van der Waals surface area (Å²) in [4.78, 5) is 15.6. The Morgan fingerprint density at radius 3 is 2.47 bits per heavy atom. The van der Waals surface area contributed by atoms with Gasteiger partial charge in [0.15, 0.2) is 11.6 Å². The molecular weight excluding hydrogens is 450 g/mol. The van der Waals surface area contributed by atoms with E-state index in [-0.39, 0.29) is 11.2 Å². The summed E-state index contributed by atoms with van der Waals surface area (Å²) in [6.45, 7) is 6.13. The Bertz CT molecular complexity index is 1440. The fourth-order valence-corrected chi connectivity index (χ4v) is 5.41. The molecule has 1 aromatic heterocycles. The van der Waals surface area contributed by atoms with Crippen LogP contribution in [0.1, 0.15) is 43.9 Å². The number of Topliss-reactive ketones (excluding diaryl/α,β-unsaturated/α-hetero) is 1. The maximum absolute atomic E-state index is 13.7. The predicted molar refractivity (Wildman–Crippen MR) is 139 cm³/mol. The molecule has 0 bridgehead atoms. The van der Waals surface area contributed by atoms with Crippen molar-refractivity contribution in [3.8, 4) is 22.9 Å². The molecule has 1 aliphatic heterocycles. The first-order valence-corrected chi connectivity index (χ1v) is 12.0. The number of H-pyrrole nitrogens is 1. The highest BCUT2D eigenvalue weighted by Crippen LogP contribution is 2.51. The highest BCUT2D eigenvalue weighted by molar-refractivity contribution is 6.02. The van der Waals surface area contributed by atoms with Gasteiger partial charge in [0.2, 0.25) is 0 Å². The van der Waals surface area contributed by atoms with Crippen molar-refractivity contribution in [3.63, 3.8) is 0 Å². The van der Waals surface area contributed by atoms with Gasteiger partial charge in [-0.25, -0.2) is 0 Å². The topological polar surface area (TPSA) is 108 Å². The Hall–Kier alpha value is -4.31. The lowest BCUT2D eigenvalue weighted by Crippen LogP contribution is -2.42. The van der Waals surface area contributed by atoms with Crippen LogP contribution in [0.2, 0.25) is 0 Å². The van der Waals surface area contributed by atoms with Gasteiger partial charge in [0.25, 0.3) is 0 Å². The number of aryl methyl sites for hydroxylation is 1. The number of nitrogens with one attached hydrogen (secondary N) is 1. The summed E-state index contributed by atoms with van der Waals surface area (Å²) >= 11 is 0. The van der Waals surface area contributed by atoms with Gasteiger partial charge >= 0.3 is 0 Å². The van der Waals surface area contributed by atoms with Gasteiger partial charge in [-0.1, -0.05) is 56.3 Å². The molecule has 2 heterocycles. The molecule has 0 spiro atoms. The molecule has 7 nitrogen and oxygen atoms in total. The number of aromatic nitrogens is 2. The summed E-state index contributed by atoms with van der Waals surface area (Å²) in [5, 5.41) is 18.1. The van der Waals surface area contributed by atoms with Crippen LogP contribution in [0.4, 0.5) is 5.82 Å². The lowest BCUT2D eigenvalue weighted by molar-refractivity contribution is -0.118. The number of ketones is 1. The van der Waals surface area contributed by atoms with E-state index in [4.69, 9.17) is 10.5 Å². The predicted octanol–water partition coefficient (Wildman–Crippen LogP) is 5.33. The van der Waals surface area contributed by atoms with Gasteiger partial charge in [0.1, 0.15) is 11.6 Å². The molecular formula is C29H29N5O2. The zero-order chi connectivity index (χ0) is 25.6. The Balaban J connectivity index is 1.77. The molecule has 3 aromatic rings. The number of rotatable bonds is 4. The van der Waals surface area contributed by atoms with E-state index in [2.05, 4.69) is 30.1 Å². The normalized spacial score (nSPS) is 19.2. The lowest BCUT2D eigenvalue weighted by Gasteiger charge is -2.43. The van der Waals surface area contributed by atoms with Gasteiger partial charge in [-0.05, 0) is 42.0 Å². The molecule has 1 aliphatic carbocycles. The summed E-state index contributed by atoms with van der Waals surface area (Å²) < 4.78 is 5.32. The number of allylic oxidation sites excluding steroid dienone is 3. The number of nitriles is 1. The number of anilines is 1. The average molecular weight is 480 g/mol. The molecule has 3 N–H and O–H groups in total. The van der Waals surface area contributed by atoms with Gasteiger partial charge in [0.05, 0.1) is 24.7 Å². The summed E-state index contributed by atoms with van der Waals surface area (Å²) in [6, 6.07) is 19.7. The Kier molecular flexibility index (Phi) is 5.68. The van der Waals surface area contributed by atoms with Crippen molar-refractivity contribution in [2.24, 2.45) is 11.1 Å². The monoisotopic (exact) mass is 479 g/mol. The second kappa shape index (κ2) is 8.72. The van der Waals surface area contributed by atoms with Crippen LogP contribution in [0.25, 0.3) is 11.1 Å². The van der Waals surface area contributed by atoms with Gasteiger partial charge < -0.3 is 10.5 Å². The fraction of sp³-hybridized carbons (Fsp3) is 0.276. The van der Waals surface area contributed by atoms with Crippen LogP contribution in [0.15, 0.2) is 77.3 Å². The first-order chi connectivity index (χ1) is 17.3. The number of nitrogens with zero attached hydrogens (tertiary/aromatic N) is 3. The largest absolute Gasteiger partial charge is 0.497 e. The van der Waals surface area contributed by atoms with E-state index in [0.29, 0.717) is 41.4 Å². The Labute approximate surface area is 210 Å². The number of hydrogen-bond acceptors (Lipinski definition) is 6. The van der Waals surface area contributed by atoms with E-state index in [9.17, 15) is 10.1 Å². The third kappa shape index (κ3) is 3.75. The third-order valence-electron chi connectivity index (χ3n) is 7.03. The third-order valence-corrected chi connectivity index (χ3v) is 7.03. The van der Waals surface area contributed by atoms with Crippen LogP contribution < -0.4 is 15.4 Å². The van der Waals surface area contributed by atoms with E-state index < -0.39 is 5.92 Å². The van der Waals surface area contributed by atoms with E-state index in [1.807, 2.05) is 66.4 Å². The van der Waals surface area contributed by atoms with Crippen molar-refractivity contribution in [2.75, 3.05) is 12.0 Å². The van der Waals surface area contributed by atoms with Crippen molar-refractivity contribution in [2.45, 2.75) is 39.5 Å². The van der Waals surface area contributed by atoms with Gasteiger partial charge in [-0.2, -0.15) is 10.4 Å². The SMILES string of the molecule is COc1ccc(C2C(C#N)=C(N)N(c3n[nH]c(C)c3-c3ccccc3)C3=C2C(=O)CC(C)(C)C3)cc1. The molecule has 1 unspecified atom stereocenters. The smallest absolute Gasteiger partial charge is 0.168 e. The zero-order valence-corrected chi connectivity index (χ0v) is 20.9. The highest BCUT2D eigenvalue weighted by atomic mass is 16.5. The van der Waals surface area contributed by atoms with Crippen LogP contribution in [-0.2, 0) is 4.79 Å². The second-order valence-corrected chi connectivity index (χ2v) is 10.2. The number of nitrogens with two attached hydrogens (primary N) is 1. The van der Waals surface area contributed by atoms with Gasteiger partial charge in [-0.15, -0.1) is 0 Å². The zero-order valence-electron chi connectivity index (χ0n) is 20.9. The van der Waals surface area contributed by atoms with Crippen LogP contribution in [0.5, 0.6) is 5.75 Å². The van der Waals surface area contributed by atoms with E-state index >= 15 is 0 Å². The first kappa shape index (κ1) is 23.4. The molecule has 0 saturated carbocycles. The van der Waals surface area contributed by atoms with E-state index in [1.54, 1.807) is 7.11 Å². The van der Waals surface area contributed by atoms with Crippen molar-refractivity contribution >= 4 is 11.6 Å². The summed E-state index contributed by atoms with van der Waals surface area (Å²) in [5.41, 5.74) is 11.9. The highest BCUT2D eigenvalue weighted by Gasteiger charge is 2.45.